The van der Waals surface area contributed by atoms with Crippen molar-refractivity contribution in [1.29, 1.82) is 0 Å². The average Bonchev–Trinajstić information content (AvgIpc) is 2.53. The highest BCUT2D eigenvalue weighted by molar-refractivity contribution is 9.09. The number of thiophene rings is 1. The average molecular weight is 273 g/mol. The van der Waals surface area contributed by atoms with Gasteiger partial charge in [0.15, 0.2) is 0 Å². The van der Waals surface area contributed by atoms with Gasteiger partial charge in [0, 0.05) is 4.88 Å². The Hall–Kier alpha value is 0.180. The van der Waals surface area contributed by atoms with Gasteiger partial charge in [-0.25, -0.2) is 0 Å². The van der Waals surface area contributed by atoms with Crippen molar-refractivity contribution in [1.82, 2.24) is 0 Å². The zero-order chi connectivity index (χ0) is 10.6. The van der Waals surface area contributed by atoms with Crippen LogP contribution in [0, 0.1) is 16.7 Å². The molecular weight excluding hydrogens is 256 g/mol. The van der Waals surface area contributed by atoms with Gasteiger partial charge in [-0.1, -0.05) is 49.7 Å². The van der Waals surface area contributed by atoms with Gasteiger partial charge < -0.3 is 0 Å². The standard InChI is InChI=1S/C12H17BrS/c1-11(2)10(12(11,3)4)9(13)8-6-5-7-14-8/h5-7,9-10H,1-4H3. The molecule has 14 heavy (non-hydrogen) atoms. The maximum atomic E-state index is 3.85. The number of hydrogen-bond acceptors (Lipinski definition) is 1. The molecule has 1 aromatic heterocycles. The minimum atomic E-state index is 0.463. The van der Waals surface area contributed by atoms with E-state index in [1.165, 1.54) is 4.88 Å². The summed E-state index contributed by atoms with van der Waals surface area (Å²) in [5.74, 6) is 0.758. The molecule has 0 radical (unpaired) electrons. The molecule has 0 aliphatic heterocycles. The van der Waals surface area contributed by atoms with E-state index in [0.717, 1.165) is 5.92 Å². The van der Waals surface area contributed by atoms with E-state index in [1.807, 2.05) is 11.3 Å². The first kappa shape index (κ1) is 10.7. The van der Waals surface area contributed by atoms with Gasteiger partial charge in [-0.2, -0.15) is 0 Å². The van der Waals surface area contributed by atoms with Crippen LogP contribution in [-0.4, -0.2) is 0 Å². The molecule has 0 spiro atoms. The van der Waals surface area contributed by atoms with Crippen LogP contribution < -0.4 is 0 Å². The Morgan fingerprint density at radius 1 is 1.29 bits per heavy atom. The van der Waals surface area contributed by atoms with Gasteiger partial charge in [0.2, 0.25) is 0 Å². The fraction of sp³-hybridized carbons (Fsp3) is 0.667. The Bertz CT molecular complexity index is 310. The van der Waals surface area contributed by atoms with Crippen LogP contribution in [0.2, 0.25) is 0 Å². The van der Waals surface area contributed by atoms with Crippen molar-refractivity contribution in [3.8, 4) is 0 Å². The third kappa shape index (κ3) is 1.30. The molecule has 0 amide bonds. The monoisotopic (exact) mass is 272 g/mol. The van der Waals surface area contributed by atoms with Crippen LogP contribution in [0.3, 0.4) is 0 Å². The molecule has 1 aromatic rings. The Morgan fingerprint density at radius 2 is 1.86 bits per heavy atom. The normalized spacial score (nSPS) is 26.1. The lowest BCUT2D eigenvalue weighted by Gasteiger charge is -2.09. The van der Waals surface area contributed by atoms with Crippen LogP contribution >= 0.6 is 27.3 Å². The highest BCUT2D eigenvalue weighted by Crippen LogP contribution is 2.74. The highest BCUT2D eigenvalue weighted by atomic mass is 79.9. The predicted octanol–water partition coefficient (Wildman–Crippen LogP) is 4.87. The molecule has 1 aliphatic carbocycles. The van der Waals surface area contributed by atoms with Gasteiger partial charge in [-0.15, -0.1) is 11.3 Å². The van der Waals surface area contributed by atoms with Crippen molar-refractivity contribution in [3.05, 3.63) is 22.4 Å². The molecule has 1 unspecified atom stereocenters. The lowest BCUT2D eigenvalue weighted by Crippen LogP contribution is -1.96. The van der Waals surface area contributed by atoms with Crippen molar-refractivity contribution >= 4 is 27.3 Å². The Morgan fingerprint density at radius 3 is 2.21 bits per heavy atom. The minimum absolute atomic E-state index is 0.463. The second-order valence-electron chi connectivity index (χ2n) is 5.34. The summed E-state index contributed by atoms with van der Waals surface area (Å²) < 4.78 is 0. The fourth-order valence-corrected chi connectivity index (χ4v) is 5.13. The molecule has 0 aromatic carbocycles. The van der Waals surface area contributed by atoms with E-state index in [4.69, 9.17) is 0 Å². The fourth-order valence-electron chi connectivity index (χ4n) is 2.59. The van der Waals surface area contributed by atoms with E-state index < -0.39 is 0 Å². The van der Waals surface area contributed by atoms with Crippen LogP contribution in [0.4, 0.5) is 0 Å². The van der Waals surface area contributed by atoms with Crippen molar-refractivity contribution in [2.45, 2.75) is 32.5 Å². The molecule has 2 heteroatoms. The zero-order valence-electron chi connectivity index (χ0n) is 9.17. The minimum Gasteiger partial charge on any atom is -0.148 e. The van der Waals surface area contributed by atoms with Crippen LogP contribution in [-0.2, 0) is 0 Å². The first-order valence-corrected chi connectivity index (χ1v) is 6.86. The maximum absolute atomic E-state index is 3.85. The van der Waals surface area contributed by atoms with E-state index in [1.54, 1.807) is 0 Å². The van der Waals surface area contributed by atoms with Crippen molar-refractivity contribution < 1.29 is 0 Å². The number of rotatable bonds is 2. The van der Waals surface area contributed by atoms with Gasteiger partial charge in [0.05, 0.1) is 4.83 Å². The van der Waals surface area contributed by atoms with Gasteiger partial charge >= 0.3 is 0 Å². The molecule has 0 N–H and O–H groups in total. The maximum Gasteiger partial charge on any atom is 0.0527 e. The van der Waals surface area contributed by atoms with Crippen molar-refractivity contribution in [3.63, 3.8) is 0 Å². The highest BCUT2D eigenvalue weighted by Gasteiger charge is 2.66. The molecule has 78 valence electrons. The smallest absolute Gasteiger partial charge is 0.0527 e. The Labute approximate surface area is 98.9 Å². The van der Waals surface area contributed by atoms with Gasteiger partial charge in [0.1, 0.15) is 0 Å². The lowest BCUT2D eigenvalue weighted by atomic mass is 10.0. The molecule has 1 fully saturated rings. The van der Waals surface area contributed by atoms with Crippen molar-refractivity contribution in [2.24, 2.45) is 16.7 Å². The summed E-state index contributed by atoms with van der Waals surface area (Å²) >= 11 is 5.71. The molecule has 0 bridgehead atoms. The zero-order valence-corrected chi connectivity index (χ0v) is 11.6. The SMILES string of the molecule is CC1(C)C(C(Br)c2cccs2)C1(C)C. The number of hydrogen-bond donors (Lipinski definition) is 0. The quantitative estimate of drug-likeness (QED) is 0.674. The molecule has 1 aliphatic rings. The molecule has 1 saturated carbocycles. The van der Waals surface area contributed by atoms with E-state index in [-0.39, 0.29) is 0 Å². The third-order valence-corrected chi connectivity index (χ3v) is 6.52. The topological polar surface area (TPSA) is 0 Å². The summed E-state index contributed by atoms with van der Waals surface area (Å²) in [4.78, 5) is 2.00. The Kier molecular flexibility index (Phi) is 2.35. The van der Waals surface area contributed by atoms with Gasteiger partial charge in [-0.05, 0) is 28.2 Å². The molecule has 2 rings (SSSR count). The third-order valence-electron chi connectivity index (χ3n) is 4.24. The largest absolute Gasteiger partial charge is 0.148 e. The molecule has 0 saturated heterocycles. The first-order valence-electron chi connectivity index (χ1n) is 5.06. The van der Waals surface area contributed by atoms with Crippen LogP contribution in [0.1, 0.15) is 37.4 Å². The summed E-state index contributed by atoms with van der Waals surface area (Å²) in [7, 11) is 0. The summed E-state index contributed by atoms with van der Waals surface area (Å²) in [5.41, 5.74) is 0.927. The molecular formula is C12H17BrS. The molecule has 1 atom stereocenters. The summed E-state index contributed by atoms with van der Waals surface area (Å²) in [6.07, 6.45) is 0. The van der Waals surface area contributed by atoms with E-state index >= 15 is 0 Å². The van der Waals surface area contributed by atoms with E-state index in [0.29, 0.717) is 15.7 Å². The predicted molar refractivity (Wildman–Crippen MR) is 67.0 cm³/mol. The summed E-state index contributed by atoms with van der Waals surface area (Å²) in [5, 5.41) is 2.16. The van der Waals surface area contributed by atoms with Crippen LogP contribution in [0.25, 0.3) is 0 Å². The first-order chi connectivity index (χ1) is 6.39. The Balaban J connectivity index is 2.20. The van der Waals surface area contributed by atoms with Crippen LogP contribution in [0.5, 0.6) is 0 Å². The molecule has 0 nitrogen and oxygen atoms in total. The molecule has 1 heterocycles. The summed E-state index contributed by atoms with van der Waals surface area (Å²) in [6.45, 7) is 9.50. The summed E-state index contributed by atoms with van der Waals surface area (Å²) in [6, 6.07) is 4.37. The second kappa shape index (κ2) is 3.08. The lowest BCUT2D eigenvalue weighted by molar-refractivity contribution is 0.457. The van der Waals surface area contributed by atoms with Crippen molar-refractivity contribution in [2.75, 3.05) is 0 Å². The van der Waals surface area contributed by atoms with E-state index in [9.17, 15) is 0 Å². The van der Waals surface area contributed by atoms with E-state index in [2.05, 4.69) is 61.1 Å². The van der Waals surface area contributed by atoms with Gasteiger partial charge in [0.25, 0.3) is 0 Å². The van der Waals surface area contributed by atoms with Crippen LogP contribution in [0.15, 0.2) is 17.5 Å². The van der Waals surface area contributed by atoms with Gasteiger partial charge in [-0.3, -0.25) is 0 Å². The number of alkyl halides is 1. The number of halogens is 1. The second-order valence-corrected chi connectivity index (χ2v) is 7.30.